The summed E-state index contributed by atoms with van der Waals surface area (Å²) in [6.45, 7) is 0.378. The van der Waals surface area contributed by atoms with E-state index in [9.17, 15) is 0 Å². The fraction of sp³-hybridized carbons (Fsp3) is 0.0769. The molecule has 90 valence electrons. The Morgan fingerprint density at radius 2 is 1.89 bits per heavy atom. The van der Waals surface area contributed by atoms with Crippen LogP contribution in [0.3, 0.4) is 0 Å². The van der Waals surface area contributed by atoms with Crippen LogP contribution in [0.4, 0.5) is 5.69 Å². The molecule has 5 heteroatoms. The maximum atomic E-state index is 5.69. The second kappa shape index (κ2) is 4.12. The first-order valence-corrected chi connectivity index (χ1v) is 5.66. The average molecular weight is 239 g/mol. The summed E-state index contributed by atoms with van der Waals surface area (Å²) in [7, 11) is 0. The Bertz CT molecular complexity index is 684. The molecule has 0 radical (unpaired) electrons. The topological polar surface area (TPSA) is 82.2 Å². The fourth-order valence-corrected chi connectivity index (χ4v) is 1.98. The number of rotatable bonds is 2. The zero-order valence-corrected chi connectivity index (χ0v) is 9.74. The lowest BCUT2D eigenvalue weighted by Gasteiger charge is -2.04. The van der Waals surface area contributed by atoms with E-state index < -0.39 is 0 Å². The second-order valence-corrected chi connectivity index (χ2v) is 4.04. The molecule has 3 rings (SSSR count). The van der Waals surface area contributed by atoms with Gasteiger partial charge >= 0.3 is 0 Å². The van der Waals surface area contributed by atoms with Crippen molar-refractivity contribution in [3.63, 3.8) is 0 Å². The smallest absolute Gasteiger partial charge is 0.160 e. The molecule has 0 aliphatic carbocycles. The molecule has 0 spiro atoms. The number of fused-ring (bicyclic) bond motifs is 1. The van der Waals surface area contributed by atoms with E-state index in [1.165, 1.54) is 0 Å². The zero-order valence-electron chi connectivity index (χ0n) is 9.74. The van der Waals surface area contributed by atoms with Gasteiger partial charge in [-0.05, 0) is 12.1 Å². The number of nitrogens with zero attached hydrogens (tertiary/aromatic N) is 3. The number of aromatic nitrogens is 3. The molecule has 0 unspecified atom stereocenters. The molecule has 5 nitrogen and oxygen atoms in total. The van der Waals surface area contributed by atoms with Crippen LogP contribution in [0.25, 0.3) is 16.9 Å². The molecule has 0 bridgehead atoms. The van der Waals surface area contributed by atoms with E-state index in [4.69, 9.17) is 11.5 Å². The van der Waals surface area contributed by atoms with E-state index >= 15 is 0 Å². The van der Waals surface area contributed by atoms with Gasteiger partial charge < -0.3 is 11.5 Å². The van der Waals surface area contributed by atoms with Crippen LogP contribution in [0.5, 0.6) is 0 Å². The van der Waals surface area contributed by atoms with Crippen molar-refractivity contribution in [2.24, 2.45) is 5.73 Å². The molecule has 0 atom stereocenters. The van der Waals surface area contributed by atoms with Crippen LogP contribution in [0.1, 0.15) is 5.69 Å². The average Bonchev–Trinajstić information content (AvgIpc) is 2.83. The molecular formula is C13H13N5. The van der Waals surface area contributed by atoms with Crippen LogP contribution >= 0.6 is 0 Å². The predicted octanol–water partition coefficient (Wildman–Crippen LogP) is 1.44. The van der Waals surface area contributed by atoms with Crippen molar-refractivity contribution in [1.29, 1.82) is 0 Å². The highest BCUT2D eigenvalue weighted by molar-refractivity contribution is 5.66. The first kappa shape index (κ1) is 10.7. The number of anilines is 1. The van der Waals surface area contributed by atoms with Crippen molar-refractivity contribution in [2.75, 3.05) is 5.73 Å². The number of hydrogen-bond acceptors (Lipinski definition) is 4. The Morgan fingerprint density at radius 1 is 1.11 bits per heavy atom. The van der Waals surface area contributed by atoms with Gasteiger partial charge in [0.25, 0.3) is 0 Å². The Hall–Kier alpha value is -2.40. The lowest BCUT2D eigenvalue weighted by Crippen LogP contribution is -2.03. The monoisotopic (exact) mass is 239 g/mol. The van der Waals surface area contributed by atoms with Crippen molar-refractivity contribution < 1.29 is 0 Å². The van der Waals surface area contributed by atoms with Gasteiger partial charge in [-0.3, -0.25) is 9.38 Å². The second-order valence-electron chi connectivity index (χ2n) is 4.04. The first-order chi connectivity index (χ1) is 8.79. The largest absolute Gasteiger partial charge is 0.399 e. The molecule has 4 N–H and O–H groups in total. The van der Waals surface area contributed by atoms with Gasteiger partial charge in [-0.2, -0.15) is 0 Å². The molecule has 1 aromatic carbocycles. The van der Waals surface area contributed by atoms with Gasteiger partial charge in [0.15, 0.2) is 5.65 Å². The molecule has 18 heavy (non-hydrogen) atoms. The van der Waals surface area contributed by atoms with Crippen molar-refractivity contribution in [3.8, 4) is 11.3 Å². The third-order valence-corrected chi connectivity index (χ3v) is 2.90. The first-order valence-electron chi connectivity index (χ1n) is 5.66. The van der Waals surface area contributed by atoms with Crippen molar-refractivity contribution in [2.45, 2.75) is 6.54 Å². The molecule has 0 aliphatic rings. The summed E-state index contributed by atoms with van der Waals surface area (Å²) in [4.78, 5) is 8.60. The van der Waals surface area contributed by atoms with Gasteiger partial charge in [0.05, 0.1) is 17.6 Å². The fourth-order valence-electron chi connectivity index (χ4n) is 1.98. The minimum absolute atomic E-state index is 0.378. The summed E-state index contributed by atoms with van der Waals surface area (Å²) in [5.74, 6) is 0. The summed E-state index contributed by atoms with van der Waals surface area (Å²) in [6, 6.07) is 7.70. The van der Waals surface area contributed by atoms with E-state index in [1.807, 2.05) is 41.1 Å². The van der Waals surface area contributed by atoms with Crippen LogP contribution in [0.15, 0.2) is 42.9 Å². The van der Waals surface area contributed by atoms with Crippen LogP contribution in [0.2, 0.25) is 0 Å². The lowest BCUT2D eigenvalue weighted by atomic mass is 10.1. The Balaban J connectivity index is 2.21. The maximum absolute atomic E-state index is 5.69. The molecule has 0 saturated carbocycles. The van der Waals surface area contributed by atoms with Gasteiger partial charge in [-0.15, -0.1) is 0 Å². The Morgan fingerprint density at radius 3 is 2.61 bits per heavy atom. The van der Waals surface area contributed by atoms with Gasteiger partial charge in [0, 0.05) is 30.2 Å². The molecule has 0 amide bonds. The van der Waals surface area contributed by atoms with Gasteiger partial charge in [-0.1, -0.05) is 12.1 Å². The Labute approximate surface area is 104 Å². The molecule has 3 aromatic rings. The zero-order chi connectivity index (χ0) is 12.5. The highest BCUT2D eigenvalue weighted by atomic mass is 15.0. The number of hydrogen-bond donors (Lipinski definition) is 2. The molecule has 0 aliphatic heterocycles. The highest BCUT2D eigenvalue weighted by Crippen LogP contribution is 2.22. The van der Waals surface area contributed by atoms with Crippen LogP contribution in [-0.2, 0) is 6.54 Å². The SMILES string of the molecule is NCc1nccn2c(-c3ccc(N)cc3)cnc12. The van der Waals surface area contributed by atoms with Gasteiger partial charge in [0.2, 0.25) is 0 Å². The molecule has 2 aromatic heterocycles. The third-order valence-electron chi connectivity index (χ3n) is 2.90. The molecular weight excluding hydrogens is 226 g/mol. The summed E-state index contributed by atoms with van der Waals surface area (Å²) in [5.41, 5.74) is 15.7. The normalized spacial score (nSPS) is 10.9. The van der Waals surface area contributed by atoms with E-state index in [0.29, 0.717) is 6.54 Å². The van der Waals surface area contributed by atoms with E-state index in [0.717, 1.165) is 28.3 Å². The number of benzene rings is 1. The van der Waals surface area contributed by atoms with Gasteiger partial charge in [0.1, 0.15) is 0 Å². The van der Waals surface area contributed by atoms with Crippen LogP contribution < -0.4 is 11.5 Å². The number of nitrogens with two attached hydrogens (primary N) is 2. The summed E-state index contributed by atoms with van der Waals surface area (Å²) >= 11 is 0. The predicted molar refractivity (Wildman–Crippen MR) is 70.7 cm³/mol. The summed E-state index contributed by atoms with van der Waals surface area (Å²) in [6.07, 6.45) is 5.44. The number of nitrogen functional groups attached to an aromatic ring is 1. The van der Waals surface area contributed by atoms with E-state index in [2.05, 4.69) is 9.97 Å². The maximum Gasteiger partial charge on any atom is 0.160 e. The van der Waals surface area contributed by atoms with Crippen molar-refractivity contribution in [3.05, 3.63) is 48.5 Å². The van der Waals surface area contributed by atoms with E-state index in [1.54, 1.807) is 6.20 Å². The lowest BCUT2D eigenvalue weighted by molar-refractivity contribution is 0.963. The number of imidazole rings is 1. The summed E-state index contributed by atoms with van der Waals surface area (Å²) in [5, 5.41) is 0. The third kappa shape index (κ3) is 1.61. The van der Waals surface area contributed by atoms with Crippen LogP contribution in [-0.4, -0.2) is 14.4 Å². The molecule has 0 fully saturated rings. The molecule has 0 saturated heterocycles. The summed E-state index contributed by atoms with van der Waals surface area (Å²) < 4.78 is 1.99. The van der Waals surface area contributed by atoms with E-state index in [-0.39, 0.29) is 0 Å². The van der Waals surface area contributed by atoms with Crippen molar-refractivity contribution >= 4 is 11.3 Å². The van der Waals surface area contributed by atoms with Crippen molar-refractivity contribution in [1.82, 2.24) is 14.4 Å². The Kier molecular flexibility index (Phi) is 2.46. The van der Waals surface area contributed by atoms with Crippen LogP contribution in [0, 0.1) is 0 Å². The molecule has 2 heterocycles. The quantitative estimate of drug-likeness (QED) is 0.663. The van der Waals surface area contributed by atoms with Gasteiger partial charge in [-0.25, -0.2) is 4.98 Å². The standard InChI is InChI=1S/C13H13N5/c14-7-11-13-17-8-12(18(13)6-5-16-11)9-1-3-10(15)4-2-9/h1-6,8H,7,14-15H2. The highest BCUT2D eigenvalue weighted by Gasteiger charge is 2.08. The minimum atomic E-state index is 0.378. The minimum Gasteiger partial charge on any atom is -0.399 e.